The van der Waals surface area contributed by atoms with Crippen molar-refractivity contribution >= 4 is 39.1 Å². The summed E-state index contributed by atoms with van der Waals surface area (Å²) < 4.78 is 8.94. The fourth-order valence-electron chi connectivity index (χ4n) is 2.16. The molecule has 0 bridgehead atoms. The lowest BCUT2D eigenvalue weighted by Gasteiger charge is -2.13. The van der Waals surface area contributed by atoms with Crippen LogP contribution >= 0.6 is 39.1 Å². The van der Waals surface area contributed by atoms with Gasteiger partial charge in [-0.15, -0.1) is 0 Å². The minimum absolute atomic E-state index is 0.378. The Morgan fingerprint density at radius 2 is 1.91 bits per heavy atom. The van der Waals surface area contributed by atoms with E-state index in [1.165, 1.54) is 0 Å². The molecule has 0 atom stereocenters. The Bertz CT molecular complexity index is 806. The van der Waals surface area contributed by atoms with Gasteiger partial charge >= 0.3 is 0 Å². The number of hydrogen-bond donors (Lipinski definition) is 0. The van der Waals surface area contributed by atoms with E-state index in [9.17, 15) is 0 Å². The normalized spacial score (nSPS) is 10.7. The lowest BCUT2D eigenvalue weighted by atomic mass is 10.2. The van der Waals surface area contributed by atoms with Crippen LogP contribution in [0.15, 0.2) is 59.6 Å². The molecule has 0 N–H and O–H groups in total. The van der Waals surface area contributed by atoms with Crippen LogP contribution in [0, 0.1) is 0 Å². The molecule has 0 unspecified atom stereocenters. The smallest absolute Gasteiger partial charge is 0.125 e. The second-order valence-corrected chi connectivity index (χ2v) is 6.77. The maximum Gasteiger partial charge on any atom is 0.125 e. The van der Waals surface area contributed by atoms with Crippen molar-refractivity contribution in [2.45, 2.75) is 13.2 Å². The Hall–Kier alpha value is -1.49. The van der Waals surface area contributed by atoms with Gasteiger partial charge in [0, 0.05) is 38.0 Å². The Morgan fingerprint density at radius 3 is 2.65 bits per heavy atom. The average Bonchev–Trinajstić information content (AvgIpc) is 3.02. The molecule has 3 nitrogen and oxygen atoms in total. The largest absolute Gasteiger partial charge is 0.488 e. The van der Waals surface area contributed by atoms with Gasteiger partial charge in [0.05, 0.1) is 12.9 Å². The topological polar surface area (TPSA) is 27.1 Å². The third-order valence-corrected chi connectivity index (χ3v) is 4.42. The van der Waals surface area contributed by atoms with Crippen molar-refractivity contribution in [1.82, 2.24) is 9.55 Å². The van der Waals surface area contributed by atoms with E-state index in [0.29, 0.717) is 23.2 Å². The first-order chi connectivity index (χ1) is 11.1. The van der Waals surface area contributed by atoms with Crippen molar-refractivity contribution in [2.24, 2.45) is 0 Å². The van der Waals surface area contributed by atoms with Gasteiger partial charge in [-0.25, -0.2) is 4.98 Å². The third kappa shape index (κ3) is 4.28. The number of nitrogens with zero attached hydrogens (tertiary/aromatic N) is 2. The SMILES string of the molecule is Clc1ccc(COc2cc(Br)ccc2Cn2ccnc2)c(Cl)c1. The zero-order chi connectivity index (χ0) is 16.2. The zero-order valence-electron chi connectivity index (χ0n) is 12.0. The highest BCUT2D eigenvalue weighted by atomic mass is 79.9. The number of ether oxygens (including phenoxy) is 1. The molecule has 1 aromatic heterocycles. The van der Waals surface area contributed by atoms with E-state index >= 15 is 0 Å². The molecule has 6 heteroatoms. The first kappa shape index (κ1) is 16.4. The van der Waals surface area contributed by atoms with Gasteiger partial charge in [-0.3, -0.25) is 0 Å². The number of hydrogen-bond acceptors (Lipinski definition) is 2. The average molecular weight is 412 g/mol. The minimum atomic E-state index is 0.378. The van der Waals surface area contributed by atoms with Crippen LogP contribution in [0.1, 0.15) is 11.1 Å². The molecule has 0 aliphatic rings. The van der Waals surface area contributed by atoms with Crippen LogP contribution < -0.4 is 4.74 Å². The van der Waals surface area contributed by atoms with Crippen molar-refractivity contribution in [3.63, 3.8) is 0 Å². The Balaban J connectivity index is 1.79. The maximum absolute atomic E-state index is 6.20. The fourth-order valence-corrected chi connectivity index (χ4v) is 2.97. The number of halogens is 3. The van der Waals surface area contributed by atoms with Gasteiger partial charge < -0.3 is 9.30 Å². The molecule has 0 spiro atoms. The van der Waals surface area contributed by atoms with E-state index in [4.69, 9.17) is 27.9 Å². The van der Waals surface area contributed by atoms with E-state index in [1.54, 1.807) is 24.7 Å². The third-order valence-electron chi connectivity index (χ3n) is 3.34. The summed E-state index contributed by atoms with van der Waals surface area (Å²) in [6, 6.07) is 11.4. The first-order valence-corrected chi connectivity index (χ1v) is 8.47. The monoisotopic (exact) mass is 410 g/mol. The minimum Gasteiger partial charge on any atom is -0.488 e. The molecule has 3 aromatic rings. The Morgan fingerprint density at radius 1 is 1.09 bits per heavy atom. The Kier molecular flexibility index (Phi) is 5.26. The van der Waals surface area contributed by atoms with E-state index < -0.39 is 0 Å². The number of aromatic nitrogens is 2. The second-order valence-electron chi connectivity index (χ2n) is 5.01. The molecule has 0 aliphatic heterocycles. The van der Waals surface area contributed by atoms with Crippen molar-refractivity contribution in [2.75, 3.05) is 0 Å². The molecule has 2 aromatic carbocycles. The zero-order valence-corrected chi connectivity index (χ0v) is 15.1. The first-order valence-electron chi connectivity index (χ1n) is 6.93. The predicted molar refractivity (Wildman–Crippen MR) is 96.3 cm³/mol. The van der Waals surface area contributed by atoms with Gasteiger partial charge in [-0.1, -0.05) is 51.3 Å². The van der Waals surface area contributed by atoms with Gasteiger partial charge in [0.2, 0.25) is 0 Å². The Labute approximate surface area is 153 Å². The molecular formula is C17H13BrCl2N2O. The van der Waals surface area contributed by atoms with Crippen molar-refractivity contribution < 1.29 is 4.74 Å². The lowest BCUT2D eigenvalue weighted by Crippen LogP contribution is -2.03. The predicted octanol–water partition coefficient (Wildman–Crippen LogP) is 5.58. The van der Waals surface area contributed by atoms with E-state index in [1.807, 2.05) is 35.0 Å². The van der Waals surface area contributed by atoms with Crippen molar-refractivity contribution in [3.05, 3.63) is 80.8 Å². The summed E-state index contributed by atoms with van der Waals surface area (Å²) in [5.41, 5.74) is 1.96. The van der Waals surface area contributed by atoms with Gasteiger partial charge in [-0.2, -0.15) is 0 Å². The van der Waals surface area contributed by atoms with Gasteiger partial charge in [0.15, 0.2) is 0 Å². The van der Waals surface area contributed by atoms with Crippen LogP contribution in [-0.4, -0.2) is 9.55 Å². The molecule has 0 saturated carbocycles. The molecule has 0 radical (unpaired) electrons. The summed E-state index contributed by atoms with van der Waals surface area (Å²) in [5, 5.41) is 1.21. The molecule has 23 heavy (non-hydrogen) atoms. The second kappa shape index (κ2) is 7.39. The molecule has 0 aliphatic carbocycles. The van der Waals surface area contributed by atoms with Gasteiger partial charge in [0.25, 0.3) is 0 Å². The van der Waals surface area contributed by atoms with Crippen molar-refractivity contribution in [3.8, 4) is 5.75 Å². The molecule has 118 valence electrons. The molecule has 0 fully saturated rings. The molecular weight excluding hydrogens is 399 g/mol. The summed E-state index contributed by atoms with van der Waals surface area (Å²) in [5.74, 6) is 0.805. The van der Waals surface area contributed by atoms with Crippen LogP contribution in [0.5, 0.6) is 5.75 Å². The van der Waals surface area contributed by atoms with E-state index in [2.05, 4.69) is 20.9 Å². The quantitative estimate of drug-likeness (QED) is 0.547. The van der Waals surface area contributed by atoms with Crippen molar-refractivity contribution in [1.29, 1.82) is 0 Å². The van der Waals surface area contributed by atoms with Crippen LogP contribution in [0.2, 0.25) is 10.0 Å². The van der Waals surface area contributed by atoms with Gasteiger partial charge in [0.1, 0.15) is 12.4 Å². The number of rotatable bonds is 5. The number of imidazole rings is 1. The molecule has 1 heterocycles. The highest BCUT2D eigenvalue weighted by Gasteiger charge is 2.08. The number of benzene rings is 2. The molecule has 3 rings (SSSR count). The highest BCUT2D eigenvalue weighted by molar-refractivity contribution is 9.10. The van der Waals surface area contributed by atoms with Gasteiger partial charge in [-0.05, 0) is 24.3 Å². The fraction of sp³-hybridized carbons (Fsp3) is 0.118. The highest BCUT2D eigenvalue weighted by Crippen LogP contribution is 2.27. The van der Waals surface area contributed by atoms with E-state index in [0.717, 1.165) is 21.3 Å². The summed E-state index contributed by atoms with van der Waals surface area (Å²) in [6.07, 6.45) is 5.46. The maximum atomic E-state index is 6.20. The summed E-state index contributed by atoms with van der Waals surface area (Å²) in [7, 11) is 0. The van der Waals surface area contributed by atoms with Crippen LogP contribution in [-0.2, 0) is 13.2 Å². The molecule has 0 amide bonds. The summed E-state index contributed by atoms with van der Waals surface area (Å²) >= 11 is 15.6. The van der Waals surface area contributed by atoms with Crippen LogP contribution in [0.25, 0.3) is 0 Å². The molecule has 0 saturated heterocycles. The standard InChI is InChI=1S/C17H13BrCl2N2O/c18-14-3-1-12(9-22-6-5-21-11-22)17(7-14)23-10-13-2-4-15(19)8-16(13)20/h1-8,11H,9-10H2. The van der Waals surface area contributed by atoms with Crippen LogP contribution in [0.3, 0.4) is 0 Å². The summed E-state index contributed by atoms with van der Waals surface area (Å²) in [6.45, 7) is 1.07. The van der Waals surface area contributed by atoms with Crippen LogP contribution in [0.4, 0.5) is 0 Å². The lowest BCUT2D eigenvalue weighted by molar-refractivity contribution is 0.302. The summed E-state index contributed by atoms with van der Waals surface area (Å²) in [4.78, 5) is 4.06. The van der Waals surface area contributed by atoms with E-state index in [-0.39, 0.29) is 0 Å².